The molecule has 2 aromatic carbocycles. The molecule has 4 heteroatoms. The van der Waals surface area contributed by atoms with Crippen LogP contribution >= 0.6 is 0 Å². The maximum Gasteiger partial charge on any atom is 0.319 e. The second kappa shape index (κ2) is 8.50. The molecule has 0 aliphatic heterocycles. The molecule has 128 valence electrons. The highest BCUT2D eigenvalue weighted by atomic mass is 16.3. The van der Waals surface area contributed by atoms with Crippen molar-refractivity contribution in [1.82, 2.24) is 5.32 Å². The van der Waals surface area contributed by atoms with Crippen LogP contribution in [0.2, 0.25) is 0 Å². The Hall–Kier alpha value is -2.33. The number of nitrogens with one attached hydrogen (secondary N) is 2. The van der Waals surface area contributed by atoms with E-state index < -0.39 is 6.10 Å². The maximum atomic E-state index is 12.3. The second-order valence-electron chi connectivity index (χ2n) is 6.12. The lowest BCUT2D eigenvalue weighted by Crippen LogP contribution is -2.37. The topological polar surface area (TPSA) is 61.4 Å². The van der Waals surface area contributed by atoms with Gasteiger partial charge in [0.05, 0.1) is 6.10 Å². The van der Waals surface area contributed by atoms with Crippen LogP contribution in [-0.4, -0.2) is 17.2 Å². The molecular weight excluding hydrogens is 300 g/mol. The lowest BCUT2D eigenvalue weighted by Gasteiger charge is -2.20. The molecule has 0 saturated carbocycles. The van der Waals surface area contributed by atoms with Crippen LogP contribution in [0.1, 0.15) is 43.1 Å². The average Bonchev–Trinajstić information content (AvgIpc) is 2.57. The summed E-state index contributed by atoms with van der Waals surface area (Å²) in [4.78, 5) is 12.3. The van der Waals surface area contributed by atoms with Gasteiger partial charge in [0.15, 0.2) is 0 Å². The number of rotatable bonds is 6. The molecule has 2 atom stereocenters. The summed E-state index contributed by atoms with van der Waals surface area (Å²) in [5.41, 5.74) is 3.88. The Kier molecular flexibility index (Phi) is 6.38. The number of carbonyl (C=O) groups is 1. The summed E-state index contributed by atoms with van der Waals surface area (Å²) < 4.78 is 0. The number of anilines is 1. The highest BCUT2D eigenvalue weighted by molar-refractivity contribution is 5.91. The van der Waals surface area contributed by atoms with Gasteiger partial charge in [-0.1, -0.05) is 55.5 Å². The van der Waals surface area contributed by atoms with Crippen LogP contribution in [0.15, 0.2) is 48.5 Å². The monoisotopic (exact) mass is 326 g/mol. The predicted molar refractivity (Wildman–Crippen MR) is 98.2 cm³/mol. The number of amides is 2. The van der Waals surface area contributed by atoms with Gasteiger partial charge in [0, 0.05) is 11.7 Å². The zero-order valence-corrected chi connectivity index (χ0v) is 14.5. The number of urea groups is 1. The maximum absolute atomic E-state index is 12.3. The summed E-state index contributed by atoms with van der Waals surface area (Å²) in [5.74, 6) is 0. The van der Waals surface area contributed by atoms with Crippen molar-refractivity contribution in [3.05, 3.63) is 65.2 Å². The highest BCUT2D eigenvalue weighted by Crippen LogP contribution is 2.21. The Balaban J connectivity index is 1.93. The molecule has 0 heterocycles. The van der Waals surface area contributed by atoms with E-state index in [9.17, 15) is 9.90 Å². The Labute approximate surface area is 143 Å². The van der Waals surface area contributed by atoms with Crippen LogP contribution in [0.25, 0.3) is 0 Å². The SMILES string of the molecule is CCc1cccc(C)c1NC(=O)NC(C)CC(O)c1ccccc1. The summed E-state index contributed by atoms with van der Waals surface area (Å²) in [7, 11) is 0. The fraction of sp³-hybridized carbons (Fsp3) is 0.350. The normalized spacial score (nSPS) is 13.2. The van der Waals surface area contributed by atoms with Crippen molar-refractivity contribution in [2.24, 2.45) is 0 Å². The molecule has 0 bridgehead atoms. The molecule has 3 N–H and O–H groups in total. The number of aliphatic hydroxyl groups is 1. The van der Waals surface area contributed by atoms with Crippen molar-refractivity contribution in [3.63, 3.8) is 0 Å². The molecular formula is C20H26N2O2. The van der Waals surface area contributed by atoms with Gasteiger partial charge in [0.25, 0.3) is 0 Å². The Bertz CT molecular complexity index is 671. The van der Waals surface area contributed by atoms with Gasteiger partial charge in [0.2, 0.25) is 0 Å². The molecule has 0 aliphatic carbocycles. The van der Waals surface area contributed by atoms with Gasteiger partial charge in [-0.3, -0.25) is 0 Å². The van der Waals surface area contributed by atoms with Crippen LogP contribution in [0.3, 0.4) is 0 Å². The largest absolute Gasteiger partial charge is 0.388 e. The van der Waals surface area contributed by atoms with E-state index in [1.807, 2.05) is 62.4 Å². The predicted octanol–water partition coefficient (Wildman–Crippen LogP) is 4.19. The summed E-state index contributed by atoms with van der Waals surface area (Å²) >= 11 is 0. The molecule has 0 radical (unpaired) electrons. The molecule has 2 rings (SSSR count). The van der Waals surface area contributed by atoms with Crippen molar-refractivity contribution in [2.75, 3.05) is 5.32 Å². The van der Waals surface area contributed by atoms with Crippen LogP contribution in [0.5, 0.6) is 0 Å². The van der Waals surface area contributed by atoms with Crippen molar-refractivity contribution in [1.29, 1.82) is 0 Å². The third-order valence-electron chi connectivity index (χ3n) is 4.12. The van der Waals surface area contributed by atoms with Crippen LogP contribution in [0.4, 0.5) is 10.5 Å². The number of aryl methyl sites for hydroxylation is 2. The minimum absolute atomic E-state index is 0.144. The van der Waals surface area contributed by atoms with E-state index >= 15 is 0 Å². The number of benzene rings is 2. The molecule has 24 heavy (non-hydrogen) atoms. The smallest absolute Gasteiger partial charge is 0.319 e. The zero-order valence-electron chi connectivity index (χ0n) is 14.5. The Morgan fingerprint density at radius 1 is 1.12 bits per heavy atom. The summed E-state index contributed by atoms with van der Waals surface area (Å²) in [6.07, 6.45) is 0.733. The van der Waals surface area contributed by atoms with Gasteiger partial charge in [-0.05, 0) is 43.4 Å². The van der Waals surface area contributed by atoms with Crippen molar-refractivity contribution in [2.45, 2.75) is 45.8 Å². The summed E-state index contributed by atoms with van der Waals surface area (Å²) in [5, 5.41) is 16.1. The van der Waals surface area contributed by atoms with Gasteiger partial charge >= 0.3 is 6.03 Å². The number of para-hydroxylation sites is 1. The van der Waals surface area contributed by atoms with E-state index in [4.69, 9.17) is 0 Å². The van der Waals surface area contributed by atoms with Crippen LogP contribution in [0, 0.1) is 6.92 Å². The lowest BCUT2D eigenvalue weighted by molar-refractivity contribution is 0.155. The number of carbonyl (C=O) groups excluding carboxylic acids is 1. The van der Waals surface area contributed by atoms with E-state index in [1.165, 1.54) is 0 Å². The Morgan fingerprint density at radius 3 is 2.50 bits per heavy atom. The summed E-state index contributed by atoms with van der Waals surface area (Å²) in [6.45, 7) is 5.94. The highest BCUT2D eigenvalue weighted by Gasteiger charge is 2.15. The van der Waals surface area contributed by atoms with Gasteiger partial charge < -0.3 is 15.7 Å². The van der Waals surface area contributed by atoms with E-state index in [0.29, 0.717) is 6.42 Å². The van der Waals surface area contributed by atoms with E-state index in [1.54, 1.807) is 0 Å². The first-order chi connectivity index (χ1) is 11.5. The van der Waals surface area contributed by atoms with E-state index in [-0.39, 0.29) is 12.1 Å². The summed E-state index contributed by atoms with van der Waals surface area (Å²) in [6, 6.07) is 15.1. The molecule has 0 fully saturated rings. The quantitative estimate of drug-likeness (QED) is 0.745. The lowest BCUT2D eigenvalue weighted by atomic mass is 10.0. The van der Waals surface area contributed by atoms with E-state index in [2.05, 4.69) is 17.6 Å². The minimum atomic E-state index is -0.592. The average molecular weight is 326 g/mol. The molecule has 0 spiro atoms. The number of hydrogen-bond acceptors (Lipinski definition) is 2. The van der Waals surface area contributed by atoms with Crippen molar-refractivity contribution in [3.8, 4) is 0 Å². The van der Waals surface area contributed by atoms with Crippen molar-refractivity contribution >= 4 is 11.7 Å². The zero-order chi connectivity index (χ0) is 17.5. The first-order valence-corrected chi connectivity index (χ1v) is 8.40. The van der Waals surface area contributed by atoms with Gasteiger partial charge in [0.1, 0.15) is 0 Å². The number of hydrogen-bond donors (Lipinski definition) is 3. The fourth-order valence-electron chi connectivity index (χ4n) is 2.78. The first-order valence-electron chi connectivity index (χ1n) is 8.40. The minimum Gasteiger partial charge on any atom is -0.388 e. The molecule has 4 nitrogen and oxygen atoms in total. The van der Waals surface area contributed by atoms with Crippen molar-refractivity contribution < 1.29 is 9.90 Å². The molecule has 0 aromatic heterocycles. The first kappa shape index (κ1) is 18.0. The van der Waals surface area contributed by atoms with Crippen LogP contribution < -0.4 is 10.6 Å². The third-order valence-corrected chi connectivity index (χ3v) is 4.12. The van der Waals surface area contributed by atoms with Gasteiger partial charge in [-0.2, -0.15) is 0 Å². The van der Waals surface area contributed by atoms with Gasteiger partial charge in [-0.25, -0.2) is 4.79 Å². The second-order valence-corrected chi connectivity index (χ2v) is 6.12. The van der Waals surface area contributed by atoms with Gasteiger partial charge in [-0.15, -0.1) is 0 Å². The third kappa shape index (κ3) is 4.83. The van der Waals surface area contributed by atoms with E-state index in [0.717, 1.165) is 28.8 Å². The molecule has 2 aromatic rings. The molecule has 2 amide bonds. The van der Waals surface area contributed by atoms with Crippen LogP contribution in [-0.2, 0) is 6.42 Å². The fourth-order valence-corrected chi connectivity index (χ4v) is 2.78. The molecule has 2 unspecified atom stereocenters. The Morgan fingerprint density at radius 2 is 1.83 bits per heavy atom. The molecule has 0 aliphatic rings. The number of aliphatic hydroxyl groups excluding tert-OH is 1. The standard InChI is InChI=1S/C20H26N2O2/c1-4-16-12-8-9-14(2)19(16)22-20(24)21-15(3)13-18(23)17-10-6-5-7-11-17/h5-12,15,18,23H,4,13H2,1-3H3,(H2,21,22,24). The molecule has 0 saturated heterocycles.